The summed E-state index contributed by atoms with van der Waals surface area (Å²) in [6.07, 6.45) is 3.57. The smallest absolute Gasteiger partial charge is 0.372 e. The number of aromatic carboxylic acids is 1. The maximum atomic E-state index is 12.1. The normalized spacial score (nSPS) is 11.2. The number of hydrogen-bond donors (Lipinski definition) is 1. The van der Waals surface area contributed by atoms with E-state index in [9.17, 15) is 9.59 Å². The summed E-state index contributed by atoms with van der Waals surface area (Å²) in [5.41, 5.74) is 0.811. The molecule has 1 aromatic carbocycles. The quantitative estimate of drug-likeness (QED) is 0.882. The van der Waals surface area contributed by atoms with Crippen molar-refractivity contribution in [2.45, 2.75) is 13.8 Å². The van der Waals surface area contributed by atoms with E-state index in [-0.39, 0.29) is 16.8 Å². The Morgan fingerprint density at radius 1 is 1.39 bits per heavy atom. The van der Waals surface area contributed by atoms with Crippen LogP contribution in [-0.2, 0) is 0 Å². The highest BCUT2D eigenvalue weighted by atomic mass is 16.4. The van der Waals surface area contributed by atoms with Gasteiger partial charge in [-0.15, -0.1) is 0 Å². The van der Waals surface area contributed by atoms with Crippen molar-refractivity contribution < 1.29 is 14.3 Å². The highest BCUT2D eigenvalue weighted by molar-refractivity contribution is 5.91. The number of para-hydroxylation sites is 1. The molecule has 0 saturated heterocycles. The third-order valence-electron chi connectivity index (χ3n) is 2.72. The fourth-order valence-corrected chi connectivity index (χ4v) is 1.85. The zero-order valence-corrected chi connectivity index (χ0v) is 10.1. The van der Waals surface area contributed by atoms with Crippen molar-refractivity contribution in [1.29, 1.82) is 0 Å². The first-order chi connectivity index (χ1) is 8.56. The Hall–Kier alpha value is -2.36. The van der Waals surface area contributed by atoms with Gasteiger partial charge in [-0.1, -0.05) is 24.3 Å². The molecule has 1 aromatic heterocycles. The number of carbonyl (C=O) groups is 1. The number of rotatable bonds is 2. The molecule has 0 unspecified atom stereocenters. The fraction of sp³-hybridized carbons (Fsp3) is 0.143. The van der Waals surface area contributed by atoms with Crippen molar-refractivity contribution in [3.05, 3.63) is 51.4 Å². The van der Waals surface area contributed by atoms with Gasteiger partial charge in [0.25, 0.3) is 0 Å². The second-order valence-electron chi connectivity index (χ2n) is 3.91. The molecule has 0 bridgehead atoms. The molecule has 0 spiro atoms. The van der Waals surface area contributed by atoms with Gasteiger partial charge in [-0.05, 0) is 19.9 Å². The Morgan fingerprint density at radius 3 is 2.72 bits per heavy atom. The lowest BCUT2D eigenvalue weighted by atomic mass is 10.1. The van der Waals surface area contributed by atoms with Gasteiger partial charge >= 0.3 is 5.97 Å². The molecular formula is C14H12O4. The van der Waals surface area contributed by atoms with Crippen molar-refractivity contribution in [3.8, 4) is 0 Å². The molecule has 4 nitrogen and oxygen atoms in total. The lowest BCUT2D eigenvalue weighted by Crippen LogP contribution is -2.12. The van der Waals surface area contributed by atoms with Crippen LogP contribution in [0, 0.1) is 6.92 Å². The molecule has 0 aliphatic carbocycles. The minimum absolute atomic E-state index is 0.118. The van der Waals surface area contributed by atoms with Gasteiger partial charge in [0.05, 0.1) is 5.39 Å². The summed E-state index contributed by atoms with van der Waals surface area (Å²) in [7, 11) is 0. The first kappa shape index (κ1) is 12.1. The molecule has 0 aliphatic rings. The first-order valence-electron chi connectivity index (χ1n) is 5.48. The zero-order chi connectivity index (χ0) is 13.3. The number of benzene rings is 1. The molecule has 2 aromatic rings. The predicted octanol–water partition coefficient (Wildman–Crippen LogP) is 2.83. The molecule has 1 heterocycles. The van der Waals surface area contributed by atoms with Crippen LogP contribution in [0.25, 0.3) is 17.0 Å². The van der Waals surface area contributed by atoms with Crippen molar-refractivity contribution in [2.24, 2.45) is 0 Å². The molecule has 18 heavy (non-hydrogen) atoms. The van der Waals surface area contributed by atoms with E-state index >= 15 is 0 Å². The van der Waals surface area contributed by atoms with Crippen LogP contribution in [0.5, 0.6) is 0 Å². The van der Waals surface area contributed by atoms with E-state index in [1.54, 1.807) is 30.4 Å². The van der Waals surface area contributed by atoms with E-state index in [4.69, 9.17) is 9.52 Å². The van der Waals surface area contributed by atoms with Crippen LogP contribution in [-0.4, -0.2) is 11.1 Å². The van der Waals surface area contributed by atoms with Crippen molar-refractivity contribution in [2.75, 3.05) is 0 Å². The Labute approximate surface area is 103 Å². The van der Waals surface area contributed by atoms with Crippen molar-refractivity contribution >= 4 is 23.0 Å². The van der Waals surface area contributed by atoms with Crippen LogP contribution in [0.2, 0.25) is 0 Å². The maximum absolute atomic E-state index is 12.1. The Balaban J connectivity index is 2.96. The second kappa shape index (κ2) is 4.49. The lowest BCUT2D eigenvalue weighted by molar-refractivity contribution is 0.0661. The summed E-state index contributed by atoms with van der Waals surface area (Å²) in [5, 5.41) is 9.42. The van der Waals surface area contributed by atoms with E-state index in [1.807, 2.05) is 6.92 Å². The summed E-state index contributed by atoms with van der Waals surface area (Å²) < 4.78 is 5.37. The van der Waals surface area contributed by atoms with E-state index in [2.05, 4.69) is 0 Å². The van der Waals surface area contributed by atoms with Crippen molar-refractivity contribution in [1.82, 2.24) is 0 Å². The van der Waals surface area contributed by atoms with E-state index in [0.29, 0.717) is 16.5 Å². The average molecular weight is 244 g/mol. The fourth-order valence-electron chi connectivity index (χ4n) is 1.85. The van der Waals surface area contributed by atoms with Gasteiger partial charge in [0.2, 0.25) is 5.76 Å². The van der Waals surface area contributed by atoms with Crippen LogP contribution in [0.1, 0.15) is 28.6 Å². The van der Waals surface area contributed by atoms with E-state index in [0.717, 1.165) is 0 Å². The minimum atomic E-state index is -1.23. The molecule has 0 amide bonds. The van der Waals surface area contributed by atoms with E-state index in [1.165, 1.54) is 6.92 Å². The molecular weight excluding hydrogens is 232 g/mol. The predicted molar refractivity (Wildman–Crippen MR) is 68.9 cm³/mol. The number of carboxylic acid groups (broad SMARTS) is 1. The van der Waals surface area contributed by atoms with Crippen LogP contribution >= 0.6 is 0 Å². The number of allylic oxidation sites excluding steroid dienone is 1. The summed E-state index contributed by atoms with van der Waals surface area (Å²) in [4.78, 5) is 23.1. The van der Waals surface area contributed by atoms with Crippen LogP contribution < -0.4 is 5.43 Å². The third kappa shape index (κ3) is 1.82. The topological polar surface area (TPSA) is 67.5 Å². The largest absolute Gasteiger partial charge is 0.475 e. The molecule has 4 heteroatoms. The molecule has 92 valence electrons. The Kier molecular flexibility index (Phi) is 3.02. The number of carboxylic acids is 1. The van der Waals surface area contributed by atoms with Gasteiger partial charge in [-0.3, -0.25) is 4.79 Å². The molecule has 1 N–H and O–H groups in total. The van der Waals surface area contributed by atoms with E-state index < -0.39 is 5.97 Å². The number of hydrogen-bond acceptors (Lipinski definition) is 3. The Bertz CT molecular complexity index is 708. The monoisotopic (exact) mass is 244 g/mol. The second-order valence-corrected chi connectivity index (χ2v) is 3.91. The summed E-state index contributed by atoms with van der Waals surface area (Å²) in [5.74, 6) is -1.54. The number of fused-ring (bicyclic) bond motifs is 1. The average Bonchev–Trinajstić information content (AvgIpc) is 2.34. The zero-order valence-electron chi connectivity index (χ0n) is 10.1. The maximum Gasteiger partial charge on any atom is 0.372 e. The molecule has 2 rings (SSSR count). The van der Waals surface area contributed by atoms with Crippen LogP contribution in [0.15, 0.2) is 33.5 Å². The van der Waals surface area contributed by atoms with Gasteiger partial charge in [-0.25, -0.2) is 4.79 Å². The van der Waals surface area contributed by atoms with Gasteiger partial charge in [0.15, 0.2) is 5.43 Å². The van der Waals surface area contributed by atoms with Gasteiger partial charge in [-0.2, -0.15) is 0 Å². The van der Waals surface area contributed by atoms with Crippen LogP contribution in [0.3, 0.4) is 0 Å². The molecule has 0 atom stereocenters. The SMILES string of the molecule is CC=Cc1cccc2c(=O)c(C)c(C(=O)O)oc12. The minimum Gasteiger partial charge on any atom is -0.475 e. The molecule has 0 fully saturated rings. The first-order valence-corrected chi connectivity index (χ1v) is 5.48. The molecule has 0 aliphatic heterocycles. The van der Waals surface area contributed by atoms with Crippen LogP contribution in [0.4, 0.5) is 0 Å². The molecule has 0 radical (unpaired) electrons. The lowest BCUT2D eigenvalue weighted by Gasteiger charge is -2.05. The summed E-state index contributed by atoms with van der Waals surface area (Å²) >= 11 is 0. The standard InChI is InChI=1S/C14H12O4/c1-3-5-9-6-4-7-10-11(15)8(2)12(14(16)17)18-13(9)10/h3-7H,1-2H3,(H,16,17). The van der Waals surface area contributed by atoms with Gasteiger partial charge < -0.3 is 9.52 Å². The summed E-state index contributed by atoms with van der Waals surface area (Å²) in [6, 6.07) is 5.15. The van der Waals surface area contributed by atoms with Crippen molar-refractivity contribution in [3.63, 3.8) is 0 Å². The highest BCUT2D eigenvalue weighted by Crippen LogP contribution is 2.20. The van der Waals surface area contributed by atoms with Gasteiger partial charge in [0.1, 0.15) is 5.58 Å². The van der Waals surface area contributed by atoms with Gasteiger partial charge in [0, 0.05) is 11.1 Å². The molecule has 0 saturated carbocycles. The highest BCUT2D eigenvalue weighted by Gasteiger charge is 2.17. The third-order valence-corrected chi connectivity index (χ3v) is 2.72. The Morgan fingerprint density at radius 2 is 2.11 bits per heavy atom. The summed E-state index contributed by atoms with van der Waals surface area (Å²) in [6.45, 7) is 3.29.